The summed E-state index contributed by atoms with van der Waals surface area (Å²) in [5.74, 6) is 0.764. The van der Waals surface area contributed by atoms with E-state index in [0.717, 1.165) is 19.0 Å². The van der Waals surface area contributed by atoms with Gasteiger partial charge in [-0.1, -0.05) is 31.2 Å². The van der Waals surface area contributed by atoms with Crippen molar-refractivity contribution >= 4 is 27.4 Å². The molecule has 3 heterocycles. The quantitative estimate of drug-likeness (QED) is 0.621. The van der Waals surface area contributed by atoms with Gasteiger partial charge < -0.3 is 10.2 Å². The minimum atomic E-state index is -3.53. The maximum absolute atomic E-state index is 12.9. The molecule has 2 fully saturated rings. The lowest BCUT2D eigenvalue weighted by Crippen LogP contribution is -2.50. The first-order valence-corrected chi connectivity index (χ1v) is 14.2. The van der Waals surface area contributed by atoms with Crippen molar-refractivity contribution < 1.29 is 13.2 Å². The van der Waals surface area contributed by atoms with Crippen LogP contribution < -0.4 is 10.0 Å². The highest BCUT2D eigenvalue weighted by molar-refractivity contribution is 7.89. The molecule has 33 heavy (non-hydrogen) atoms. The maximum Gasteiger partial charge on any atom is 0.317 e. The Hall–Kier alpha value is -1.94. The highest BCUT2D eigenvalue weighted by Gasteiger charge is 2.29. The maximum atomic E-state index is 12.9. The first kappa shape index (κ1) is 24.2. The number of carbonyl (C=O) groups excluding carboxylic acids is 1. The third kappa shape index (κ3) is 6.35. The van der Waals surface area contributed by atoms with Gasteiger partial charge in [-0.05, 0) is 68.3 Å². The van der Waals surface area contributed by atoms with Crippen LogP contribution in [0.15, 0.2) is 52.7 Å². The number of thiophene rings is 1. The Balaban J connectivity index is 1.28. The Morgan fingerprint density at radius 2 is 1.73 bits per heavy atom. The van der Waals surface area contributed by atoms with Crippen LogP contribution in [0.4, 0.5) is 4.79 Å². The number of rotatable bonds is 7. The third-order valence-electron chi connectivity index (χ3n) is 6.73. The van der Waals surface area contributed by atoms with Gasteiger partial charge in [0.05, 0.1) is 10.9 Å². The highest BCUT2D eigenvalue weighted by Crippen LogP contribution is 2.29. The zero-order valence-corrected chi connectivity index (χ0v) is 20.8. The van der Waals surface area contributed by atoms with E-state index in [-0.39, 0.29) is 23.0 Å². The average Bonchev–Trinajstić information content (AvgIpc) is 3.36. The Morgan fingerprint density at radius 3 is 2.36 bits per heavy atom. The molecule has 2 aliphatic heterocycles. The van der Waals surface area contributed by atoms with Crippen LogP contribution in [0.5, 0.6) is 0 Å². The van der Waals surface area contributed by atoms with Crippen molar-refractivity contribution in [2.45, 2.75) is 49.6 Å². The molecular formula is C24H34N4O3S2. The number of benzene rings is 1. The summed E-state index contributed by atoms with van der Waals surface area (Å²) < 4.78 is 27.9. The number of sulfonamides is 1. The van der Waals surface area contributed by atoms with Crippen LogP contribution >= 0.6 is 11.3 Å². The van der Waals surface area contributed by atoms with Crippen molar-refractivity contribution in [2.24, 2.45) is 5.92 Å². The Bertz CT molecular complexity index is 982. The lowest BCUT2D eigenvalue weighted by molar-refractivity contribution is 0.133. The van der Waals surface area contributed by atoms with Gasteiger partial charge in [0, 0.05) is 30.6 Å². The SMILES string of the molecule is CC1CCN([C@@H](CNC(=O)N2CCC(NS(=O)(=O)c3ccccc3)CC2)c2cccs2)CC1. The van der Waals surface area contributed by atoms with Gasteiger partial charge >= 0.3 is 6.03 Å². The molecule has 0 spiro atoms. The number of amides is 2. The number of nitrogens with one attached hydrogen (secondary N) is 2. The second-order valence-electron chi connectivity index (χ2n) is 9.13. The highest BCUT2D eigenvalue weighted by atomic mass is 32.2. The summed E-state index contributed by atoms with van der Waals surface area (Å²) in [6.07, 6.45) is 3.61. The molecule has 2 saturated heterocycles. The van der Waals surface area contributed by atoms with Crippen LogP contribution in [-0.2, 0) is 10.0 Å². The van der Waals surface area contributed by atoms with Gasteiger partial charge in [0.2, 0.25) is 10.0 Å². The molecule has 2 aliphatic rings. The number of nitrogens with zero attached hydrogens (tertiary/aromatic N) is 2. The van der Waals surface area contributed by atoms with Crippen LogP contribution in [0.25, 0.3) is 0 Å². The van der Waals surface area contributed by atoms with E-state index in [0.29, 0.717) is 32.5 Å². The predicted molar refractivity (Wildman–Crippen MR) is 132 cm³/mol. The normalized spacial score (nSPS) is 20.0. The zero-order valence-electron chi connectivity index (χ0n) is 19.2. The van der Waals surface area contributed by atoms with Crippen molar-refractivity contribution in [3.05, 3.63) is 52.7 Å². The van der Waals surface area contributed by atoms with Crippen LogP contribution in [-0.4, -0.2) is 63.0 Å². The topological polar surface area (TPSA) is 81.8 Å². The van der Waals surface area contributed by atoms with E-state index in [1.54, 1.807) is 46.6 Å². The van der Waals surface area contributed by atoms with Crippen molar-refractivity contribution in [1.29, 1.82) is 0 Å². The molecule has 1 aromatic heterocycles. The van der Waals surface area contributed by atoms with Crippen LogP contribution in [0.3, 0.4) is 0 Å². The monoisotopic (exact) mass is 490 g/mol. The Kier molecular flexibility index (Phi) is 8.06. The Morgan fingerprint density at radius 1 is 1.03 bits per heavy atom. The first-order chi connectivity index (χ1) is 15.9. The summed E-state index contributed by atoms with van der Waals surface area (Å²) in [5, 5.41) is 5.25. The second-order valence-corrected chi connectivity index (χ2v) is 11.8. The van der Waals surface area contributed by atoms with E-state index >= 15 is 0 Å². The molecule has 1 atom stereocenters. The van der Waals surface area contributed by atoms with E-state index < -0.39 is 10.0 Å². The summed E-state index contributed by atoms with van der Waals surface area (Å²) >= 11 is 1.74. The molecule has 2 aromatic rings. The van der Waals surface area contributed by atoms with E-state index in [2.05, 4.69) is 39.4 Å². The van der Waals surface area contributed by atoms with Crippen LogP contribution in [0, 0.1) is 5.92 Å². The number of urea groups is 1. The van der Waals surface area contributed by atoms with Gasteiger partial charge in [-0.2, -0.15) is 0 Å². The smallest absolute Gasteiger partial charge is 0.317 e. The number of piperidine rings is 2. The molecule has 2 N–H and O–H groups in total. The fourth-order valence-electron chi connectivity index (χ4n) is 4.61. The summed E-state index contributed by atoms with van der Waals surface area (Å²) in [4.78, 5) is 18.7. The molecule has 0 bridgehead atoms. The molecule has 4 rings (SSSR count). The molecule has 2 amide bonds. The lowest BCUT2D eigenvalue weighted by Gasteiger charge is -2.37. The van der Waals surface area contributed by atoms with E-state index in [1.165, 1.54) is 17.7 Å². The third-order valence-corrected chi connectivity index (χ3v) is 9.24. The molecule has 180 valence electrons. The van der Waals surface area contributed by atoms with Gasteiger partial charge in [0.15, 0.2) is 0 Å². The predicted octanol–water partition coefficient (Wildman–Crippen LogP) is 3.67. The summed E-state index contributed by atoms with van der Waals surface area (Å²) in [7, 11) is -3.53. The number of likely N-dealkylation sites (tertiary alicyclic amines) is 2. The molecule has 0 unspecified atom stereocenters. The first-order valence-electron chi connectivity index (χ1n) is 11.8. The lowest BCUT2D eigenvalue weighted by atomic mass is 9.97. The molecule has 9 heteroatoms. The van der Waals surface area contributed by atoms with Crippen molar-refractivity contribution in [2.75, 3.05) is 32.7 Å². The average molecular weight is 491 g/mol. The molecule has 0 saturated carbocycles. The van der Waals surface area contributed by atoms with Gasteiger partial charge in [-0.25, -0.2) is 17.9 Å². The van der Waals surface area contributed by atoms with Gasteiger partial charge in [0.25, 0.3) is 0 Å². The molecule has 0 radical (unpaired) electrons. The number of hydrogen-bond donors (Lipinski definition) is 2. The molecule has 1 aromatic carbocycles. The van der Waals surface area contributed by atoms with Crippen molar-refractivity contribution in [3.8, 4) is 0 Å². The van der Waals surface area contributed by atoms with Gasteiger partial charge in [-0.3, -0.25) is 4.90 Å². The summed E-state index contributed by atoms with van der Waals surface area (Å²) in [6.45, 7) is 6.10. The zero-order chi connectivity index (χ0) is 23.3. The summed E-state index contributed by atoms with van der Waals surface area (Å²) in [5.41, 5.74) is 0. The van der Waals surface area contributed by atoms with Crippen LogP contribution in [0.2, 0.25) is 0 Å². The summed E-state index contributed by atoms with van der Waals surface area (Å²) in [6, 6.07) is 12.6. The fraction of sp³-hybridized carbons (Fsp3) is 0.542. The largest absolute Gasteiger partial charge is 0.336 e. The van der Waals surface area contributed by atoms with Crippen molar-refractivity contribution in [3.63, 3.8) is 0 Å². The molecule has 7 nitrogen and oxygen atoms in total. The van der Waals surface area contributed by atoms with Crippen molar-refractivity contribution in [1.82, 2.24) is 19.8 Å². The minimum Gasteiger partial charge on any atom is -0.336 e. The fourth-order valence-corrected chi connectivity index (χ4v) is 6.80. The second kappa shape index (κ2) is 11.0. The molecular weight excluding hydrogens is 456 g/mol. The van der Waals surface area contributed by atoms with E-state index in [9.17, 15) is 13.2 Å². The van der Waals surface area contributed by atoms with Gasteiger partial charge in [0.1, 0.15) is 0 Å². The molecule has 0 aliphatic carbocycles. The number of carbonyl (C=O) groups is 1. The Labute approximate surface area is 201 Å². The van der Waals surface area contributed by atoms with Crippen LogP contribution in [0.1, 0.15) is 43.5 Å². The van der Waals surface area contributed by atoms with E-state index in [4.69, 9.17) is 0 Å². The van der Waals surface area contributed by atoms with E-state index in [1.807, 2.05) is 0 Å². The van der Waals surface area contributed by atoms with Gasteiger partial charge in [-0.15, -0.1) is 11.3 Å². The minimum absolute atomic E-state index is 0.0636. The number of hydrogen-bond acceptors (Lipinski definition) is 5. The standard InChI is InChI=1S/C24H34N4O3S2/c1-19-9-13-27(14-10-19)22(23-8-5-17-32-23)18-25-24(29)28-15-11-20(12-16-28)26-33(30,31)21-6-3-2-4-7-21/h2-8,17,19-20,22,26H,9-16,18H2,1H3,(H,25,29)/t22-/m0/s1.